The molecule has 1 heterocycles. The van der Waals surface area contributed by atoms with Gasteiger partial charge in [0.15, 0.2) is 0 Å². The van der Waals surface area contributed by atoms with Crippen molar-refractivity contribution in [1.82, 2.24) is 0 Å². The first-order valence-electron chi connectivity index (χ1n) is 9.01. The minimum absolute atomic E-state index is 0.0429. The van der Waals surface area contributed by atoms with Crippen LogP contribution in [0, 0.1) is 29.6 Å². The lowest BCUT2D eigenvalue weighted by Crippen LogP contribution is -2.40. The molecule has 126 valence electrons. The molecule has 0 aromatic carbocycles. The number of hydrogen-bond acceptors (Lipinski definition) is 4. The van der Waals surface area contributed by atoms with Gasteiger partial charge < -0.3 is 14.6 Å². The van der Waals surface area contributed by atoms with Crippen LogP contribution in [0.3, 0.4) is 0 Å². The molecular weight excluding hydrogens is 280 g/mol. The molecule has 0 radical (unpaired) electrons. The molecule has 22 heavy (non-hydrogen) atoms. The molecule has 1 saturated heterocycles. The van der Waals surface area contributed by atoms with Crippen LogP contribution in [0.15, 0.2) is 0 Å². The van der Waals surface area contributed by atoms with Crippen molar-refractivity contribution in [3.63, 3.8) is 0 Å². The molecule has 0 amide bonds. The topological polar surface area (TPSA) is 55.8 Å². The third-order valence-corrected chi connectivity index (χ3v) is 6.04. The summed E-state index contributed by atoms with van der Waals surface area (Å²) in [6.07, 6.45) is 5.28. The van der Waals surface area contributed by atoms with Gasteiger partial charge in [0.05, 0.1) is 18.1 Å². The monoisotopic (exact) mass is 310 g/mol. The Labute approximate surface area is 133 Å². The fourth-order valence-electron chi connectivity index (χ4n) is 4.70. The summed E-state index contributed by atoms with van der Waals surface area (Å²) in [6, 6.07) is 0. The third kappa shape index (κ3) is 3.05. The Kier molecular flexibility index (Phi) is 4.79. The van der Waals surface area contributed by atoms with Gasteiger partial charge in [-0.15, -0.1) is 0 Å². The van der Waals surface area contributed by atoms with Crippen molar-refractivity contribution in [2.24, 2.45) is 29.6 Å². The van der Waals surface area contributed by atoms with E-state index >= 15 is 0 Å². The first kappa shape index (κ1) is 16.3. The number of carbonyl (C=O) groups is 1. The van der Waals surface area contributed by atoms with Crippen molar-refractivity contribution in [2.45, 2.75) is 77.8 Å². The number of hydrogen-bond donors (Lipinski definition) is 1. The number of carbonyl (C=O) groups excluding carboxylic acids is 1. The molecule has 1 aliphatic heterocycles. The lowest BCUT2D eigenvalue weighted by molar-refractivity contribution is -0.197. The van der Waals surface area contributed by atoms with Crippen LogP contribution < -0.4 is 0 Å². The summed E-state index contributed by atoms with van der Waals surface area (Å²) < 4.78 is 11.9. The van der Waals surface area contributed by atoms with Gasteiger partial charge in [-0.05, 0) is 43.4 Å². The Hall–Kier alpha value is -0.610. The zero-order chi connectivity index (χ0) is 15.9. The minimum atomic E-state index is -0.550. The van der Waals surface area contributed by atoms with E-state index in [-0.39, 0.29) is 23.9 Å². The van der Waals surface area contributed by atoms with Crippen LogP contribution in [0.1, 0.15) is 59.3 Å². The quantitative estimate of drug-likeness (QED) is 0.814. The lowest BCUT2D eigenvalue weighted by Gasteiger charge is -2.39. The molecule has 2 saturated carbocycles. The molecule has 7 atom stereocenters. The van der Waals surface area contributed by atoms with Crippen LogP contribution >= 0.6 is 0 Å². The fourth-order valence-corrected chi connectivity index (χ4v) is 4.70. The largest absolute Gasteiger partial charge is 0.435 e. The van der Waals surface area contributed by atoms with Crippen LogP contribution in [0.5, 0.6) is 0 Å². The molecule has 0 aromatic heterocycles. The zero-order valence-corrected chi connectivity index (χ0v) is 14.0. The van der Waals surface area contributed by atoms with Gasteiger partial charge in [0, 0.05) is 5.92 Å². The van der Waals surface area contributed by atoms with Gasteiger partial charge >= 0.3 is 5.97 Å². The number of aliphatic hydroxyl groups excluding tert-OH is 1. The second-order valence-corrected chi connectivity index (χ2v) is 7.99. The van der Waals surface area contributed by atoms with Gasteiger partial charge in [-0.3, -0.25) is 4.79 Å². The van der Waals surface area contributed by atoms with Gasteiger partial charge in [0.2, 0.25) is 6.29 Å². The number of aliphatic hydroxyl groups is 1. The summed E-state index contributed by atoms with van der Waals surface area (Å²) in [5.41, 5.74) is 0. The molecule has 0 aromatic rings. The van der Waals surface area contributed by atoms with E-state index in [9.17, 15) is 9.90 Å². The second-order valence-electron chi connectivity index (χ2n) is 7.99. The van der Waals surface area contributed by atoms with Crippen molar-refractivity contribution in [3.05, 3.63) is 0 Å². The molecule has 4 heteroatoms. The summed E-state index contributed by atoms with van der Waals surface area (Å²) >= 11 is 0. The van der Waals surface area contributed by atoms with Crippen molar-refractivity contribution in [1.29, 1.82) is 0 Å². The standard InChI is InChI=1S/C18H30O4/c1-10(2)12-8-7-11(3)9-15(12)21-18-13-5-4-6-14(19)16(13)17(20)22-18/h10-16,18-19H,4-9H2,1-3H3/t11-,12+,13-,14-,15-,16-,18-/m0/s1. The average Bonchev–Trinajstić information content (AvgIpc) is 2.76. The molecule has 0 unspecified atom stereocenters. The van der Waals surface area contributed by atoms with Crippen molar-refractivity contribution in [3.8, 4) is 0 Å². The number of esters is 1. The number of cyclic esters (lactones) is 1. The van der Waals surface area contributed by atoms with Crippen molar-refractivity contribution in [2.75, 3.05) is 0 Å². The van der Waals surface area contributed by atoms with Gasteiger partial charge in [-0.25, -0.2) is 0 Å². The van der Waals surface area contributed by atoms with E-state index in [0.717, 1.165) is 19.3 Å². The Morgan fingerprint density at radius 2 is 2.00 bits per heavy atom. The Bertz CT molecular complexity index is 408. The zero-order valence-electron chi connectivity index (χ0n) is 14.0. The Balaban J connectivity index is 1.70. The van der Waals surface area contributed by atoms with E-state index in [1.54, 1.807) is 0 Å². The smallest absolute Gasteiger partial charge is 0.314 e. The predicted molar refractivity (Wildman–Crippen MR) is 82.9 cm³/mol. The highest BCUT2D eigenvalue weighted by atomic mass is 16.7. The second kappa shape index (κ2) is 6.48. The summed E-state index contributed by atoms with van der Waals surface area (Å²) in [6.45, 7) is 6.79. The predicted octanol–water partition coefficient (Wildman–Crippen LogP) is 3.12. The highest BCUT2D eigenvalue weighted by molar-refractivity contribution is 5.75. The van der Waals surface area contributed by atoms with Gasteiger partial charge in [-0.2, -0.15) is 0 Å². The SMILES string of the molecule is CC(C)[C@H]1CC[C@H](C)C[C@@H]1O[C@H]1OC(=O)[C@H]2[C@@H]1CCC[C@@H]2O. The van der Waals surface area contributed by atoms with Crippen molar-refractivity contribution >= 4 is 5.97 Å². The molecular formula is C18H30O4. The van der Waals surface area contributed by atoms with E-state index in [0.29, 0.717) is 24.2 Å². The van der Waals surface area contributed by atoms with E-state index < -0.39 is 12.4 Å². The normalized spacial score (nSPS) is 45.7. The fraction of sp³-hybridized carbons (Fsp3) is 0.944. The molecule has 3 rings (SSSR count). The van der Waals surface area contributed by atoms with Crippen LogP contribution in [0.25, 0.3) is 0 Å². The van der Waals surface area contributed by atoms with Crippen LogP contribution in [0.2, 0.25) is 0 Å². The highest BCUT2D eigenvalue weighted by Gasteiger charge is 2.51. The van der Waals surface area contributed by atoms with Crippen LogP contribution in [-0.4, -0.2) is 29.6 Å². The first-order valence-corrected chi connectivity index (χ1v) is 9.01. The number of ether oxygens (including phenoxy) is 2. The van der Waals surface area contributed by atoms with E-state index in [1.807, 2.05) is 0 Å². The molecule has 0 spiro atoms. The van der Waals surface area contributed by atoms with Crippen LogP contribution in [-0.2, 0) is 14.3 Å². The van der Waals surface area contributed by atoms with Crippen LogP contribution in [0.4, 0.5) is 0 Å². The molecule has 2 aliphatic carbocycles. The van der Waals surface area contributed by atoms with Gasteiger partial charge in [0.1, 0.15) is 0 Å². The van der Waals surface area contributed by atoms with Gasteiger partial charge in [0.25, 0.3) is 0 Å². The summed E-state index contributed by atoms with van der Waals surface area (Å²) in [5, 5.41) is 10.1. The average molecular weight is 310 g/mol. The summed E-state index contributed by atoms with van der Waals surface area (Å²) in [5.74, 6) is 1.22. The lowest BCUT2D eigenvalue weighted by atomic mass is 9.75. The maximum Gasteiger partial charge on any atom is 0.314 e. The van der Waals surface area contributed by atoms with Gasteiger partial charge in [-0.1, -0.05) is 33.6 Å². The molecule has 3 aliphatic rings. The first-order chi connectivity index (χ1) is 10.5. The van der Waals surface area contributed by atoms with E-state index in [2.05, 4.69) is 20.8 Å². The van der Waals surface area contributed by atoms with Crippen molar-refractivity contribution < 1.29 is 19.4 Å². The summed E-state index contributed by atoms with van der Waals surface area (Å²) in [7, 11) is 0. The van der Waals surface area contributed by atoms with E-state index in [4.69, 9.17) is 9.47 Å². The third-order valence-electron chi connectivity index (χ3n) is 6.04. The molecule has 0 bridgehead atoms. The Morgan fingerprint density at radius 1 is 1.23 bits per heavy atom. The Morgan fingerprint density at radius 3 is 2.73 bits per heavy atom. The maximum atomic E-state index is 12.1. The summed E-state index contributed by atoms with van der Waals surface area (Å²) in [4.78, 5) is 12.1. The molecule has 3 fully saturated rings. The maximum absolute atomic E-state index is 12.1. The highest BCUT2D eigenvalue weighted by Crippen LogP contribution is 2.43. The molecule has 1 N–H and O–H groups in total. The number of rotatable bonds is 3. The number of fused-ring (bicyclic) bond motifs is 1. The molecule has 4 nitrogen and oxygen atoms in total. The minimum Gasteiger partial charge on any atom is -0.435 e. The van der Waals surface area contributed by atoms with E-state index in [1.165, 1.54) is 12.8 Å².